The van der Waals surface area contributed by atoms with Crippen LogP contribution in [0.2, 0.25) is 0 Å². The fourth-order valence-corrected chi connectivity index (χ4v) is 4.24. The summed E-state index contributed by atoms with van der Waals surface area (Å²) in [5, 5.41) is 37.7. The van der Waals surface area contributed by atoms with Gasteiger partial charge in [-0.15, -0.1) is 0 Å². The Morgan fingerprint density at radius 3 is 2.46 bits per heavy atom. The highest BCUT2D eigenvalue weighted by Gasteiger charge is 2.57. The number of hydrogen-bond donors (Lipinski definition) is 1. The van der Waals surface area contributed by atoms with E-state index >= 15 is 0 Å². The topological polar surface area (TPSA) is 98.5 Å². The Kier molecular flexibility index (Phi) is 4.75. The lowest BCUT2D eigenvalue weighted by Crippen LogP contribution is -2.52. The Bertz CT molecular complexity index is 959. The summed E-state index contributed by atoms with van der Waals surface area (Å²) >= 11 is 0. The van der Waals surface area contributed by atoms with Gasteiger partial charge in [0, 0.05) is 24.9 Å². The number of alkyl halides is 3. The standard InChI is InChI=1S/C20H16F3N5/c1-28-6-5-14-15(8-24)18(27)19(10-25,11-26)17(16(14)9-28)12-3-2-4-13(7-12)20(21,22)23/h2-5,7,15-17,27H,6,9H2,1H3/t15?,16-,17+/m1/s1. The van der Waals surface area contributed by atoms with E-state index in [1.165, 1.54) is 12.1 Å². The van der Waals surface area contributed by atoms with Crippen molar-refractivity contribution < 1.29 is 13.2 Å². The molecule has 8 heteroatoms. The molecule has 1 heterocycles. The van der Waals surface area contributed by atoms with Crippen molar-refractivity contribution in [2.45, 2.75) is 12.1 Å². The molecule has 3 atom stereocenters. The zero-order valence-corrected chi connectivity index (χ0v) is 15.0. The number of rotatable bonds is 1. The van der Waals surface area contributed by atoms with E-state index in [0.29, 0.717) is 18.7 Å². The molecule has 1 fully saturated rings. The number of likely N-dealkylation sites (N-methyl/N-ethyl adjacent to an activating group) is 1. The van der Waals surface area contributed by atoms with E-state index in [2.05, 4.69) is 0 Å². The van der Waals surface area contributed by atoms with Gasteiger partial charge in [-0.2, -0.15) is 29.0 Å². The molecule has 1 saturated carbocycles. The normalized spacial score (nSPS) is 27.0. The number of halogens is 3. The molecule has 0 saturated heterocycles. The summed E-state index contributed by atoms with van der Waals surface area (Å²) in [5.41, 5.74) is -2.47. The predicted molar refractivity (Wildman–Crippen MR) is 93.7 cm³/mol. The van der Waals surface area contributed by atoms with E-state index in [-0.39, 0.29) is 11.3 Å². The first-order valence-electron chi connectivity index (χ1n) is 8.56. The number of benzene rings is 1. The third-order valence-electron chi connectivity index (χ3n) is 5.55. The minimum absolute atomic E-state index is 0.172. The van der Waals surface area contributed by atoms with E-state index in [9.17, 15) is 29.0 Å². The van der Waals surface area contributed by atoms with E-state index in [0.717, 1.165) is 12.1 Å². The van der Waals surface area contributed by atoms with Crippen LogP contribution in [0.15, 0.2) is 35.9 Å². The van der Waals surface area contributed by atoms with Crippen LogP contribution in [-0.4, -0.2) is 30.7 Å². The summed E-state index contributed by atoms with van der Waals surface area (Å²) in [6.45, 7) is 0.905. The molecule has 0 spiro atoms. The van der Waals surface area contributed by atoms with Crippen molar-refractivity contribution in [2.75, 3.05) is 20.1 Å². The van der Waals surface area contributed by atoms with Crippen molar-refractivity contribution in [3.05, 3.63) is 47.0 Å². The molecule has 0 bridgehead atoms. The Morgan fingerprint density at radius 2 is 1.89 bits per heavy atom. The second-order valence-electron chi connectivity index (χ2n) is 7.14. The van der Waals surface area contributed by atoms with E-state index in [1.54, 1.807) is 6.08 Å². The quantitative estimate of drug-likeness (QED) is 0.751. The number of hydrogen-bond acceptors (Lipinski definition) is 5. The smallest absolute Gasteiger partial charge is 0.305 e. The summed E-state index contributed by atoms with van der Waals surface area (Å²) in [6.07, 6.45) is -2.78. The van der Waals surface area contributed by atoms with Gasteiger partial charge in [-0.3, -0.25) is 0 Å². The molecule has 2 aliphatic rings. The Morgan fingerprint density at radius 1 is 1.21 bits per heavy atom. The summed E-state index contributed by atoms with van der Waals surface area (Å²) in [7, 11) is 1.82. The Labute approximate surface area is 160 Å². The van der Waals surface area contributed by atoms with E-state index < -0.39 is 34.9 Å². The first-order chi connectivity index (χ1) is 13.2. The third-order valence-corrected chi connectivity index (χ3v) is 5.55. The molecule has 1 N–H and O–H groups in total. The molecule has 1 aromatic rings. The summed E-state index contributed by atoms with van der Waals surface area (Å²) in [4.78, 5) is 1.91. The van der Waals surface area contributed by atoms with Crippen LogP contribution in [0.1, 0.15) is 17.0 Å². The zero-order valence-electron chi connectivity index (χ0n) is 15.0. The highest BCUT2D eigenvalue weighted by Crippen LogP contribution is 2.53. The molecule has 1 unspecified atom stereocenters. The summed E-state index contributed by atoms with van der Waals surface area (Å²) < 4.78 is 39.7. The Hall–Kier alpha value is -3.15. The van der Waals surface area contributed by atoms with Crippen LogP contribution in [-0.2, 0) is 6.18 Å². The average molecular weight is 383 g/mol. The number of nitriles is 3. The van der Waals surface area contributed by atoms with Crippen molar-refractivity contribution in [1.82, 2.24) is 4.90 Å². The summed E-state index contributed by atoms with van der Waals surface area (Å²) in [6, 6.07) is 10.3. The first-order valence-corrected chi connectivity index (χ1v) is 8.56. The molecule has 1 aliphatic heterocycles. The van der Waals surface area contributed by atoms with Gasteiger partial charge in [-0.05, 0) is 24.3 Å². The highest BCUT2D eigenvalue weighted by atomic mass is 19.4. The van der Waals surface area contributed by atoms with Crippen molar-refractivity contribution >= 4 is 5.71 Å². The van der Waals surface area contributed by atoms with Crippen LogP contribution in [0.5, 0.6) is 0 Å². The summed E-state index contributed by atoms with van der Waals surface area (Å²) in [5.74, 6) is -2.52. The second kappa shape index (κ2) is 6.78. The maximum Gasteiger partial charge on any atom is 0.416 e. The zero-order chi connectivity index (χ0) is 20.7. The monoisotopic (exact) mass is 383 g/mol. The molecule has 28 heavy (non-hydrogen) atoms. The van der Waals surface area contributed by atoms with Crippen LogP contribution < -0.4 is 0 Å². The molecule has 1 aromatic carbocycles. The SMILES string of the molecule is CN1CC=C2C(C#N)C(=N)C(C#N)(C#N)[C@@H](c3cccc(C(F)(F)F)c3)[C@@H]2C1. The van der Waals surface area contributed by atoms with Gasteiger partial charge in [0.05, 0.1) is 29.5 Å². The van der Waals surface area contributed by atoms with E-state index in [1.807, 2.05) is 30.2 Å². The molecule has 3 rings (SSSR count). The van der Waals surface area contributed by atoms with Crippen LogP contribution >= 0.6 is 0 Å². The predicted octanol–water partition coefficient (Wildman–Crippen LogP) is 3.48. The van der Waals surface area contributed by atoms with Gasteiger partial charge in [0.15, 0.2) is 5.41 Å². The Balaban J connectivity index is 2.27. The van der Waals surface area contributed by atoms with Gasteiger partial charge in [-0.1, -0.05) is 24.3 Å². The third kappa shape index (κ3) is 2.85. The molecule has 1 aliphatic carbocycles. The largest absolute Gasteiger partial charge is 0.416 e. The average Bonchev–Trinajstić information content (AvgIpc) is 2.67. The van der Waals surface area contributed by atoms with Gasteiger partial charge < -0.3 is 10.3 Å². The highest BCUT2D eigenvalue weighted by molar-refractivity contribution is 6.00. The van der Waals surface area contributed by atoms with Gasteiger partial charge >= 0.3 is 6.18 Å². The van der Waals surface area contributed by atoms with Crippen molar-refractivity contribution in [2.24, 2.45) is 17.3 Å². The van der Waals surface area contributed by atoms with Gasteiger partial charge in [-0.25, -0.2) is 0 Å². The fourth-order valence-electron chi connectivity index (χ4n) is 4.24. The molecular weight excluding hydrogens is 367 g/mol. The fraction of sp³-hybridized carbons (Fsp3) is 0.400. The molecule has 142 valence electrons. The van der Waals surface area contributed by atoms with Crippen molar-refractivity contribution in [3.8, 4) is 18.2 Å². The van der Waals surface area contributed by atoms with Crippen LogP contribution in [0.3, 0.4) is 0 Å². The maximum absolute atomic E-state index is 13.2. The lowest BCUT2D eigenvalue weighted by molar-refractivity contribution is -0.137. The molecule has 0 amide bonds. The van der Waals surface area contributed by atoms with Gasteiger partial charge in [0.25, 0.3) is 0 Å². The molecular formula is C20H16F3N5. The van der Waals surface area contributed by atoms with Crippen LogP contribution in [0.4, 0.5) is 13.2 Å². The van der Waals surface area contributed by atoms with Gasteiger partial charge in [0.2, 0.25) is 0 Å². The molecule has 5 nitrogen and oxygen atoms in total. The number of nitrogens with one attached hydrogen (secondary N) is 1. The first kappa shape index (κ1) is 19.6. The number of fused-ring (bicyclic) bond motifs is 1. The van der Waals surface area contributed by atoms with Gasteiger partial charge in [0.1, 0.15) is 5.92 Å². The molecule has 0 aromatic heterocycles. The minimum Gasteiger partial charge on any atom is -0.305 e. The van der Waals surface area contributed by atoms with Crippen LogP contribution in [0.25, 0.3) is 0 Å². The van der Waals surface area contributed by atoms with Crippen molar-refractivity contribution in [1.29, 1.82) is 21.2 Å². The molecule has 0 radical (unpaired) electrons. The second-order valence-corrected chi connectivity index (χ2v) is 7.14. The maximum atomic E-state index is 13.2. The van der Waals surface area contributed by atoms with E-state index in [4.69, 9.17) is 5.41 Å². The lowest BCUT2D eigenvalue weighted by Gasteiger charge is -2.47. The number of nitrogens with zero attached hydrogens (tertiary/aromatic N) is 4. The minimum atomic E-state index is -4.57. The van der Waals surface area contributed by atoms with Crippen molar-refractivity contribution in [3.63, 3.8) is 0 Å². The lowest BCUT2D eigenvalue weighted by atomic mass is 9.54. The van der Waals surface area contributed by atoms with Crippen LogP contribution in [0, 0.1) is 56.7 Å².